The van der Waals surface area contributed by atoms with Crippen LogP contribution in [0.2, 0.25) is 0 Å². The van der Waals surface area contributed by atoms with E-state index in [1.54, 1.807) is 59.3 Å². The van der Waals surface area contributed by atoms with E-state index in [-0.39, 0.29) is 23.3 Å². The van der Waals surface area contributed by atoms with Gasteiger partial charge < -0.3 is 15.8 Å². The summed E-state index contributed by atoms with van der Waals surface area (Å²) in [5.74, 6) is 1.02. The van der Waals surface area contributed by atoms with Crippen LogP contribution in [-0.2, 0) is 4.79 Å². The van der Waals surface area contributed by atoms with Crippen LogP contribution in [0.25, 0.3) is 17.1 Å². The number of amides is 2. The van der Waals surface area contributed by atoms with Crippen molar-refractivity contribution >= 4 is 17.6 Å². The number of carbonyl (C=O) groups excluding carboxylic acids is 2. The van der Waals surface area contributed by atoms with Crippen molar-refractivity contribution in [1.82, 2.24) is 14.5 Å². The number of pyridine rings is 1. The zero-order valence-electron chi connectivity index (χ0n) is 17.9. The molecule has 3 N–H and O–H groups in total. The molecule has 2 heterocycles. The molecule has 0 saturated heterocycles. The largest absolute Gasteiger partial charge is 0.457 e. The van der Waals surface area contributed by atoms with Gasteiger partial charge in [0.05, 0.1) is 0 Å². The van der Waals surface area contributed by atoms with Crippen molar-refractivity contribution < 1.29 is 18.7 Å². The molecule has 0 spiro atoms. The first-order chi connectivity index (χ1) is 16.5. The first-order valence-corrected chi connectivity index (χ1v) is 10.7. The first-order valence-electron chi connectivity index (χ1n) is 10.7. The monoisotopic (exact) mass is 457 g/mol. The maximum absolute atomic E-state index is 13.4. The highest BCUT2D eigenvalue weighted by Crippen LogP contribution is 2.31. The second-order valence-corrected chi connectivity index (χ2v) is 7.93. The molecule has 0 bridgehead atoms. The molecule has 2 aromatic carbocycles. The summed E-state index contributed by atoms with van der Waals surface area (Å²) < 4.78 is 20.9. The van der Waals surface area contributed by atoms with Crippen molar-refractivity contribution in [2.24, 2.45) is 11.7 Å². The molecule has 1 saturated carbocycles. The Kier molecular flexibility index (Phi) is 5.51. The Bertz CT molecular complexity index is 1360. The van der Waals surface area contributed by atoms with E-state index in [0.29, 0.717) is 34.4 Å². The van der Waals surface area contributed by atoms with Crippen LogP contribution in [0.4, 0.5) is 10.2 Å². The number of aromatic nitrogens is 3. The average molecular weight is 457 g/mol. The first kappa shape index (κ1) is 21.3. The van der Waals surface area contributed by atoms with Gasteiger partial charge in [0.1, 0.15) is 34.7 Å². The van der Waals surface area contributed by atoms with Crippen LogP contribution in [-0.4, -0.2) is 26.3 Å². The molecule has 9 heteroatoms. The second kappa shape index (κ2) is 8.78. The highest BCUT2D eigenvalue weighted by Gasteiger charge is 2.29. The van der Waals surface area contributed by atoms with Gasteiger partial charge in [0.25, 0.3) is 5.91 Å². The van der Waals surface area contributed by atoms with Gasteiger partial charge in [-0.3, -0.25) is 14.2 Å². The van der Waals surface area contributed by atoms with Gasteiger partial charge in [-0.1, -0.05) is 0 Å². The standard InChI is InChI=1S/C25H20FN5O3/c26-17-5-7-18(8-6-17)31-14-21(23(27)32)29-24(31)15-3-9-19(10-4-15)34-20-11-12-28-22(13-20)30-25(33)16-1-2-16/h3-14,16H,1-2H2,(H2,27,32)(H,28,30,33). The number of hydrogen-bond acceptors (Lipinski definition) is 5. The number of benzene rings is 2. The Hall–Kier alpha value is -4.53. The molecule has 1 aliphatic rings. The molecule has 2 amide bonds. The van der Waals surface area contributed by atoms with Crippen molar-refractivity contribution in [3.8, 4) is 28.6 Å². The second-order valence-electron chi connectivity index (χ2n) is 7.93. The fourth-order valence-corrected chi connectivity index (χ4v) is 3.43. The van der Waals surface area contributed by atoms with Crippen LogP contribution in [0.3, 0.4) is 0 Å². The fraction of sp³-hybridized carbons (Fsp3) is 0.120. The number of primary amides is 1. The number of ether oxygens (including phenoxy) is 1. The maximum Gasteiger partial charge on any atom is 0.268 e. The summed E-state index contributed by atoms with van der Waals surface area (Å²) >= 11 is 0. The van der Waals surface area contributed by atoms with Gasteiger partial charge in [0, 0.05) is 35.6 Å². The summed E-state index contributed by atoms with van der Waals surface area (Å²) in [6, 6.07) is 16.3. The smallest absolute Gasteiger partial charge is 0.268 e. The number of halogens is 1. The number of nitrogens with one attached hydrogen (secondary N) is 1. The molecule has 1 aliphatic carbocycles. The summed E-state index contributed by atoms with van der Waals surface area (Å²) in [7, 11) is 0. The summed E-state index contributed by atoms with van der Waals surface area (Å²) in [6.07, 6.45) is 4.91. The van der Waals surface area contributed by atoms with E-state index < -0.39 is 5.91 Å². The van der Waals surface area contributed by atoms with Crippen LogP contribution in [0, 0.1) is 11.7 Å². The van der Waals surface area contributed by atoms with Gasteiger partial charge in [0.15, 0.2) is 0 Å². The molecule has 2 aromatic heterocycles. The number of hydrogen-bond donors (Lipinski definition) is 2. The number of carbonyl (C=O) groups is 2. The molecule has 5 rings (SSSR count). The van der Waals surface area contributed by atoms with Gasteiger partial charge in [-0.25, -0.2) is 14.4 Å². The van der Waals surface area contributed by atoms with Crippen molar-refractivity contribution in [2.75, 3.05) is 5.32 Å². The zero-order valence-corrected chi connectivity index (χ0v) is 17.9. The van der Waals surface area contributed by atoms with E-state index in [4.69, 9.17) is 10.5 Å². The van der Waals surface area contributed by atoms with Crippen molar-refractivity contribution in [3.63, 3.8) is 0 Å². The summed E-state index contributed by atoms with van der Waals surface area (Å²) in [5.41, 5.74) is 6.86. The molecule has 4 aromatic rings. The molecule has 0 aliphatic heterocycles. The SMILES string of the molecule is NC(=O)c1cn(-c2ccc(F)cc2)c(-c2ccc(Oc3ccnc(NC(=O)C4CC4)c3)cc2)n1. The molecular formula is C25H20FN5O3. The predicted molar refractivity (Wildman–Crippen MR) is 123 cm³/mol. The Morgan fingerprint density at radius 2 is 1.76 bits per heavy atom. The van der Waals surface area contributed by atoms with E-state index in [9.17, 15) is 14.0 Å². The minimum atomic E-state index is -0.663. The molecule has 1 fully saturated rings. The zero-order chi connectivity index (χ0) is 23.7. The number of anilines is 1. The Balaban J connectivity index is 1.38. The lowest BCUT2D eigenvalue weighted by Crippen LogP contribution is -2.14. The summed E-state index contributed by atoms with van der Waals surface area (Å²) in [5, 5.41) is 2.80. The normalized spacial score (nSPS) is 12.9. The van der Waals surface area contributed by atoms with E-state index in [2.05, 4.69) is 15.3 Å². The van der Waals surface area contributed by atoms with E-state index in [0.717, 1.165) is 12.8 Å². The third kappa shape index (κ3) is 4.63. The lowest BCUT2D eigenvalue weighted by atomic mass is 10.2. The third-order valence-corrected chi connectivity index (χ3v) is 5.34. The Morgan fingerprint density at radius 1 is 1.03 bits per heavy atom. The van der Waals surface area contributed by atoms with E-state index in [1.165, 1.54) is 18.3 Å². The molecule has 0 radical (unpaired) electrons. The maximum atomic E-state index is 13.4. The van der Waals surface area contributed by atoms with Crippen molar-refractivity contribution in [3.05, 3.63) is 84.6 Å². The average Bonchev–Trinajstić information content (AvgIpc) is 3.59. The minimum Gasteiger partial charge on any atom is -0.457 e. The number of rotatable bonds is 7. The van der Waals surface area contributed by atoms with Crippen LogP contribution in [0.15, 0.2) is 73.1 Å². The van der Waals surface area contributed by atoms with Crippen LogP contribution in [0.5, 0.6) is 11.5 Å². The fourth-order valence-electron chi connectivity index (χ4n) is 3.43. The highest BCUT2D eigenvalue weighted by molar-refractivity contribution is 5.93. The Morgan fingerprint density at radius 3 is 2.44 bits per heavy atom. The highest BCUT2D eigenvalue weighted by atomic mass is 19.1. The van der Waals surface area contributed by atoms with Gasteiger partial charge in [-0.2, -0.15) is 0 Å². The number of nitrogens with zero attached hydrogens (tertiary/aromatic N) is 3. The molecule has 0 unspecified atom stereocenters. The quantitative estimate of drug-likeness (QED) is 0.429. The predicted octanol–water partition coefficient (Wildman–Crippen LogP) is 4.31. The molecule has 8 nitrogen and oxygen atoms in total. The summed E-state index contributed by atoms with van der Waals surface area (Å²) in [4.78, 5) is 32.2. The summed E-state index contributed by atoms with van der Waals surface area (Å²) in [6.45, 7) is 0. The number of nitrogens with two attached hydrogens (primary N) is 1. The molecule has 170 valence electrons. The molecular weight excluding hydrogens is 437 g/mol. The van der Waals surface area contributed by atoms with Gasteiger partial charge in [-0.15, -0.1) is 0 Å². The molecule has 0 atom stereocenters. The van der Waals surface area contributed by atoms with Gasteiger partial charge in [-0.05, 0) is 67.4 Å². The number of imidazole rings is 1. The van der Waals surface area contributed by atoms with E-state index in [1.807, 2.05) is 0 Å². The Labute approximate surface area is 194 Å². The lowest BCUT2D eigenvalue weighted by molar-refractivity contribution is -0.117. The van der Waals surface area contributed by atoms with Crippen LogP contribution < -0.4 is 15.8 Å². The van der Waals surface area contributed by atoms with E-state index >= 15 is 0 Å². The van der Waals surface area contributed by atoms with Crippen LogP contribution in [0.1, 0.15) is 23.3 Å². The van der Waals surface area contributed by atoms with Gasteiger partial charge in [0.2, 0.25) is 5.91 Å². The van der Waals surface area contributed by atoms with Crippen LogP contribution >= 0.6 is 0 Å². The van der Waals surface area contributed by atoms with Crippen molar-refractivity contribution in [1.29, 1.82) is 0 Å². The van der Waals surface area contributed by atoms with Crippen molar-refractivity contribution in [2.45, 2.75) is 12.8 Å². The van der Waals surface area contributed by atoms with Gasteiger partial charge >= 0.3 is 0 Å². The third-order valence-electron chi connectivity index (χ3n) is 5.34. The minimum absolute atomic E-state index is 0.0269. The lowest BCUT2D eigenvalue weighted by Gasteiger charge is -2.10. The topological polar surface area (TPSA) is 112 Å². The molecule has 34 heavy (non-hydrogen) atoms.